The summed E-state index contributed by atoms with van der Waals surface area (Å²) >= 11 is 0. The zero-order chi connectivity index (χ0) is 17.6. The minimum Gasteiger partial charge on any atom is -0.497 e. The number of amides is 1. The van der Waals surface area contributed by atoms with Crippen molar-refractivity contribution < 1.29 is 19.1 Å². The fraction of sp³-hybridized carbons (Fsp3) is 0.263. The van der Waals surface area contributed by atoms with Crippen molar-refractivity contribution in [2.24, 2.45) is 0 Å². The fourth-order valence-corrected chi connectivity index (χ4v) is 2.18. The SMILES string of the molecule is COc1cccc(NC(=O)COC(=O)C(C)(C)c2ccccc2)c1. The lowest BCUT2D eigenvalue weighted by Gasteiger charge is -2.22. The predicted molar refractivity (Wildman–Crippen MR) is 92.1 cm³/mol. The Morgan fingerprint density at radius 3 is 2.42 bits per heavy atom. The van der Waals surface area contributed by atoms with Crippen molar-refractivity contribution in [3.05, 3.63) is 60.2 Å². The third-order valence-corrected chi connectivity index (χ3v) is 3.69. The Morgan fingerprint density at radius 1 is 1.04 bits per heavy atom. The smallest absolute Gasteiger partial charge is 0.316 e. The molecule has 5 heteroatoms. The molecular formula is C19H21NO4. The minimum absolute atomic E-state index is 0.341. The van der Waals surface area contributed by atoms with Crippen molar-refractivity contribution in [1.29, 1.82) is 0 Å². The zero-order valence-corrected chi connectivity index (χ0v) is 14.0. The highest BCUT2D eigenvalue weighted by atomic mass is 16.5. The van der Waals surface area contributed by atoms with E-state index in [4.69, 9.17) is 9.47 Å². The first-order chi connectivity index (χ1) is 11.4. The maximum Gasteiger partial charge on any atom is 0.316 e. The summed E-state index contributed by atoms with van der Waals surface area (Å²) in [6.07, 6.45) is 0. The Kier molecular flexibility index (Phi) is 5.58. The molecule has 0 aliphatic rings. The van der Waals surface area contributed by atoms with E-state index >= 15 is 0 Å². The Hall–Kier alpha value is -2.82. The van der Waals surface area contributed by atoms with Crippen molar-refractivity contribution in [2.45, 2.75) is 19.3 Å². The van der Waals surface area contributed by atoms with Gasteiger partial charge in [0.05, 0.1) is 12.5 Å². The summed E-state index contributed by atoms with van der Waals surface area (Å²) in [6.45, 7) is 3.20. The summed E-state index contributed by atoms with van der Waals surface area (Å²) in [7, 11) is 1.55. The normalized spacial score (nSPS) is 10.8. The number of hydrogen-bond donors (Lipinski definition) is 1. The van der Waals surface area contributed by atoms with Gasteiger partial charge in [0.15, 0.2) is 6.61 Å². The molecule has 0 bridgehead atoms. The molecule has 0 saturated carbocycles. The molecule has 1 amide bonds. The largest absolute Gasteiger partial charge is 0.497 e. The molecule has 2 aromatic rings. The van der Waals surface area contributed by atoms with Crippen LogP contribution in [0.3, 0.4) is 0 Å². The van der Waals surface area contributed by atoms with Crippen LogP contribution in [0.25, 0.3) is 0 Å². The highest BCUT2D eigenvalue weighted by molar-refractivity contribution is 5.93. The van der Waals surface area contributed by atoms with Crippen LogP contribution in [0.5, 0.6) is 5.75 Å². The molecule has 0 heterocycles. The van der Waals surface area contributed by atoms with Crippen molar-refractivity contribution in [1.82, 2.24) is 0 Å². The first-order valence-corrected chi connectivity index (χ1v) is 7.60. The standard InChI is InChI=1S/C19H21NO4/c1-19(2,14-8-5-4-6-9-14)18(22)24-13-17(21)20-15-10-7-11-16(12-15)23-3/h4-12H,13H2,1-3H3,(H,20,21). The fourth-order valence-electron chi connectivity index (χ4n) is 2.18. The Balaban J connectivity index is 1.92. The Bertz CT molecular complexity index is 710. The monoisotopic (exact) mass is 327 g/mol. The molecule has 0 aliphatic heterocycles. The van der Waals surface area contributed by atoms with Gasteiger partial charge in [-0.1, -0.05) is 36.4 Å². The molecule has 1 N–H and O–H groups in total. The van der Waals surface area contributed by atoms with Crippen LogP contribution in [0.4, 0.5) is 5.69 Å². The first kappa shape index (κ1) is 17.5. The lowest BCUT2D eigenvalue weighted by atomic mass is 9.85. The van der Waals surface area contributed by atoms with Gasteiger partial charge < -0.3 is 14.8 Å². The van der Waals surface area contributed by atoms with Crippen LogP contribution < -0.4 is 10.1 Å². The van der Waals surface area contributed by atoms with Crippen LogP contribution in [0, 0.1) is 0 Å². The summed E-state index contributed by atoms with van der Waals surface area (Å²) < 4.78 is 10.3. The third-order valence-electron chi connectivity index (χ3n) is 3.69. The van der Waals surface area contributed by atoms with Gasteiger partial charge in [0.2, 0.25) is 0 Å². The molecule has 24 heavy (non-hydrogen) atoms. The number of anilines is 1. The molecule has 5 nitrogen and oxygen atoms in total. The van der Waals surface area contributed by atoms with Crippen LogP contribution in [0.2, 0.25) is 0 Å². The average molecular weight is 327 g/mol. The van der Waals surface area contributed by atoms with Gasteiger partial charge in [0, 0.05) is 11.8 Å². The molecule has 2 aromatic carbocycles. The van der Waals surface area contributed by atoms with Crippen LogP contribution in [-0.4, -0.2) is 25.6 Å². The molecule has 0 spiro atoms. The molecule has 2 rings (SSSR count). The van der Waals surface area contributed by atoms with Crippen LogP contribution in [0.15, 0.2) is 54.6 Å². The third kappa shape index (κ3) is 4.35. The van der Waals surface area contributed by atoms with E-state index in [1.807, 2.05) is 30.3 Å². The van der Waals surface area contributed by atoms with Crippen molar-refractivity contribution in [2.75, 3.05) is 19.0 Å². The molecule has 0 fully saturated rings. The molecule has 0 atom stereocenters. The van der Waals surface area contributed by atoms with Gasteiger partial charge in [-0.25, -0.2) is 0 Å². The van der Waals surface area contributed by atoms with Crippen molar-refractivity contribution >= 4 is 17.6 Å². The number of carbonyl (C=O) groups excluding carboxylic acids is 2. The van der Waals surface area contributed by atoms with E-state index in [0.717, 1.165) is 5.56 Å². The summed E-state index contributed by atoms with van der Waals surface area (Å²) in [5, 5.41) is 2.67. The van der Waals surface area contributed by atoms with Gasteiger partial charge >= 0.3 is 5.97 Å². The summed E-state index contributed by atoms with van der Waals surface area (Å²) in [5.74, 6) is -0.218. The van der Waals surface area contributed by atoms with Crippen LogP contribution in [0.1, 0.15) is 19.4 Å². The lowest BCUT2D eigenvalue weighted by Crippen LogP contribution is -2.33. The van der Waals surface area contributed by atoms with E-state index < -0.39 is 17.3 Å². The number of hydrogen-bond acceptors (Lipinski definition) is 4. The summed E-state index contributed by atoms with van der Waals surface area (Å²) in [5.41, 5.74) is 0.596. The van der Waals surface area contributed by atoms with Gasteiger partial charge in [-0.2, -0.15) is 0 Å². The number of methoxy groups -OCH3 is 1. The Morgan fingerprint density at radius 2 is 1.75 bits per heavy atom. The number of nitrogens with one attached hydrogen (secondary N) is 1. The maximum atomic E-state index is 12.3. The van der Waals surface area contributed by atoms with Crippen LogP contribution in [-0.2, 0) is 19.7 Å². The number of rotatable bonds is 6. The van der Waals surface area contributed by atoms with E-state index in [9.17, 15) is 9.59 Å². The van der Waals surface area contributed by atoms with Gasteiger partial charge in [-0.15, -0.1) is 0 Å². The van der Waals surface area contributed by atoms with E-state index in [-0.39, 0.29) is 6.61 Å². The zero-order valence-electron chi connectivity index (χ0n) is 14.0. The van der Waals surface area contributed by atoms with Gasteiger partial charge in [-0.3, -0.25) is 9.59 Å². The van der Waals surface area contributed by atoms with Crippen LogP contribution >= 0.6 is 0 Å². The second kappa shape index (κ2) is 7.64. The molecule has 0 aliphatic carbocycles. The van der Waals surface area contributed by atoms with Gasteiger partial charge in [-0.05, 0) is 31.5 Å². The number of carbonyl (C=O) groups is 2. The molecule has 0 saturated heterocycles. The quantitative estimate of drug-likeness (QED) is 0.828. The van der Waals surface area contributed by atoms with E-state index in [0.29, 0.717) is 11.4 Å². The maximum absolute atomic E-state index is 12.3. The molecule has 0 unspecified atom stereocenters. The number of ether oxygens (including phenoxy) is 2. The topological polar surface area (TPSA) is 64.6 Å². The average Bonchev–Trinajstić information content (AvgIpc) is 2.60. The molecule has 126 valence electrons. The Labute approximate surface area is 141 Å². The highest BCUT2D eigenvalue weighted by Gasteiger charge is 2.31. The number of esters is 1. The first-order valence-electron chi connectivity index (χ1n) is 7.60. The lowest BCUT2D eigenvalue weighted by molar-refractivity contribution is -0.152. The second-order valence-electron chi connectivity index (χ2n) is 5.85. The van der Waals surface area contributed by atoms with E-state index in [1.165, 1.54) is 0 Å². The van der Waals surface area contributed by atoms with E-state index in [2.05, 4.69) is 5.32 Å². The molecule has 0 aromatic heterocycles. The number of benzene rings is 2. The highest BCUT2D eigenvalue weighted by Crippen LogP contribution is 2.24. The summed E-state index contributed by atoms with van der Waals surface area (Å²) in [6, 6.07) is 16.3. The van der Waals surface area contributed by atoms with E-state index in [1.54, 1.807) is 45.2 Å². The van der Waals surface area contributed by atoms with Gasteiger partial charge in [0.25, 0.3) is 5.91 Å². The van der Waals surface area contributed by atoms with Crippen molar-refractivity contribution in [3.8, 4) is 5.75 Å². The summed E-state index contributed by atoms with van der Waals surface area (Å²) in [4.78, 5) is 24.3. The molecule has 0 radical (unpaired) electrons. The van der Waals surface area contributed by atoms with Crippen molar-refractivity contribution in [3.63, 3.8) is 0 Å². The minimum atomic E-state index is -0.822. The second-order valence-corrected chi connectivity index (χ2v) is 5.85. The van der Waals surface area contributed by atoms with Gasteiger partial charge in [0.1, 0.15) is 5.75 Å². The molecular weight excluding hydrogens is 306 g/mol. The predicted octanol–water partition coefficient (Wildman–Crippen LogP) is 3.15.